The van der Waals surface area contributed by atoms with Crippen LogP contribution in [0.15, 0.2) is 109 Å². The molecule has 0 aliphatic rings. The van der Waals surface area contributed by atoms with Crippen molar-refractivity contribution in [1.29, 1.82) is 0 Å². The van der Waals surface area contributed by atoms with Gasteiger partial charge in [-0.3, -0.25) is 0 Å². The molecule has 0 aliphatic heterocycles. The van der Waals surface area contributed by atoms with Gasteiger partial charge in [0, 0.05) is 12.1 Å². The van der Waals surface area contributed by atoms with E-state index in [2.05, 4.69) is 103 Å². The van der Waals surface area contributed by atoms with Gasteiger partial charge in [-0.15, -0.1) is 0 Å². The molecular weight excluding hydrogens is 442 g/mol. The van der Waals surface area contributed by atoms with Crippen molar-refractivity contribution in [2.45, 2.75) is 20.4 Å². The Kier molecular flexibility index (Phi) is 6.55. The summed E-state index contributed by atoms with van der Waals surface area (Å²) in [5.74, 6) is -0.343. The van der Waals surface area contributed by atoms with Crippen LogP contribution in [0.4, 0.5) is 0 Å². The summed E-state index contributed by atoms with van der Waals surface area (Å²) in [6, 6.07) is 37.4. The number of aromatic nitrogens is 1. The zero-order chi connectivity index (χ0) is 25.1. The second-order valence-electron chi connectivity index (χ2n) is 9.11. The molecule has 0 unspecified atom stereocenters. The first-order chi connectivity index (χ1) is 17.6. The van der Waals surface area contributed by atoms with Gasteiger partial charge in [0.15, 0.2) is 0 Å². The Balaban J connectivity index is 1.93. The molecule has 1 heterocycles. The summed E-state index contributed by atoms with van der Waals surface area (Å²) in [7, 11) is 1.45. The molecule has 0 saturated carbocycles. The summed E-state index contributed by atoms with van der Waals surface area (Å²) < 4.78 is 7.68. The summed E-state index contributed by atoms with van der Waals surface area (Å²) in [6.07, 6.45) is 0. The first kappa shape index (κ1) is 23.4. The van der Waals surface area contributed by atoms with Gasteiger partial charge in [-0.05, 0) is 36.1 Å². The minimum Gasteiger partial charge on any atom is -0.465 e. The Morgan fingerprint density at radius 2 is 1.14 bits per heavy atom. The largest absolute Gasteiger partial charge is 0.465 e. The number of ether oxygens (including phenoxy) is 1. The van der Waals surface area contributed by atoms with Gasteiger partial charge in [-0.1, -0.05) is 120 Å². The number of carbonyl (C=O) groups excluding carboxylic acids is 1. The van der Waals surface area contributed by atoms with Crippen molar-refractivity contribution in [3.8, 4) is 33.6 Å². The third-order valence-corrected chi connectivity index (χ3v) is 6.55. The van der Waals surface area contributed by atoms with Gasteiger partial charge < -0.3 is 9.30 Å². The van der Waals surface area contributed by atoms with Crippen molar-refractivity contribution in [2.75, 3.05) is 7.11 Å². The fourth-order valence-corrected chi connectivity index (χ4v) is 4.75. The minimum atomic E-state index is -0.343. The van der Waals surface area contributed by atoms with Crippen LogP contribution in [-0.4, -0.2) is 17.6 Å². The van der Waals surface area contributed by atoms with Crippen molar-refractivity contribution in [1.82, 2.24) is 4.57 Å². The standard InChI is InChI=1S/C33H29NO2/c1-23-14-18-27(19-15-23)31-29(26-12-8-5-9-13-26)30(33(35)36-3)32(28-20-16-24(2)17-21-28)34(31)22-25-10-6-4-7-11-25/h4-21H,22H2,1-3H3. The molecule has 0 atom stereocenters. The maximum Gasteiger partial charge on any atom is 0.340 e. The molecule has 5 aromatic rings. The normalized spacial score (nSPS) is 10.9. The molecule has 3 nitrogen and oxygen atoms in total. The lowest BCUT2D eigenvalue weighted by Crippen LogP contribution is -2.07. The molecule has 0 saturated heterocycles. The highest BCUT2D eigenvalue weighted by molar-refractivity contribution is 6.08. The molecule has 0 radical (unpaired) electrons. The third kappa shape index (κ3) is 4.48. The van der Waals surface area contributed by atoms with Gasteiger partial charge in [0.05, 0.1) is 24.1 Å². The van der Waals surface area contributed by atoms with Gasteiger partial charge in [0.25, 0.3) is 0 Å². The molecule has 4 aromatic carbocycles. The second kappa shape index (κ2) is 10.1. The second-order valence-corrected chi connectivity index (χ2v) is 9.11. The van der Waals surface area contributed by atoms with Crippen LogP contribution in [0, 0.1) is 13.8 Å². The van der Waals surface area contributed by atoms with E-state index < -0.39 is 0 Å². The predicted octanol–water partition coefficient (Wildman–Crippen LogP) is 7.94. The molecule has 3 heteroatoms. The van der Waals surface area contributed by atoms with E-state index in [0.717, 1.165) is 39.2 Å². The van der Waals surface area contributed by atoms with Crippen LogP contribution in [0.3, 0.4) is 0 Å². The van der Waals surface area contributed by atoms with Crippen molar-refractivity contribution in [3.63, 3.8) is 0 Å². The molecule has 0 aliphatic carbocycles. The zero-order valence-corrected chi connectivity index (χ0v) is 20.9. The minimum absolute atomic E-state index is 0.343. The molecule has 0 amide bonds. The van der Waals surface area contributed by atoms with Gasteiger partial charge in [-0.25, -0.2) is 4.79 Å². The van der Waals surface area contributed by atoms with E-state index in [0.29, 0.717) is 12.1 Å². The summed E-state index contributed by atoms with van der Waals surface area (Å²) in [6.45, 7) is 4.77. The lowest BCUT2D eigenvalue weighted by molar-refractivity contribution is 0.0602. The monoisotopic (exact) mass is 471 g/mol. The van der Waals surface area contributed by atoms with Crippen LogP contribution in [0.25, 0.3) is 33.6 Å². The average molecular weight is 472 g/mol. The van der Waals surface area contributed by atoms with Gasteiger partial charge in [-0.2, -0.15) is 0 Å². The lowest BCUT2D eigenvalue weighted by Gasteiger charge is -2.16. The Bertz CT molecular complexity index is 1480. The quantitative estimate of drug-likeness (QED) is 0.235. The Morgan fingerprint density at radius 3 is 1.67 bits per heavy atom. The Hall–Kier alpha value is -4.37. The van der Waals surface area contributed by atoms with Gasteiger partial charge in [0.1, 0.15) is 0 Å². The smallest absolute Gasteiger partial charge is 0.340 e. The van der Waals surface area contributed by atoms with Gasteiger partial charge >= 0.3 is 5.97 Å². The number of esters is 1. The number of benzene rings is 4. The first-order valence-corrected chi connectivity index (χ1v) is 12.1. The summed E-state index contributed by atoms with van der Waals surface area (Å²) in [5, 5.41) is 0. The third-order valence-electron chi connectivity index (χ3n) is 6.55. The Morgan fingerprint density at radius 1 is 0.639 bits per heavy atom. The maximum atomic E-state index is 13.5. The number of nitrogens with zero attached hydrogens (tertiary/aromatic N) is 1. The van der Waals surface area contributed by atoms with Crippen LogP contribution in [0.5, 0.6) is 0 Å². The lowest BCUT2D eigenvalue weighted by atomic mass is 9.95. The number of carbonyl (C=O) groups is 1. The zero-order valence-electron chi connectivity index (χ0n) is 20.9. The molecular formula is C33H29NO2. The highest BCUT2D eigenvalue weighted by Crippen LogP contribution is 2.44. The fraction of sp³-hybridized carbons (Fsp3) is 0.121. The summed E-state index contributed by atoms with van der Waals surface area (Å²) in [5.41, 5.74) is 9.86. The summed E-state index contributed by atoms with van der Waals surface area (Å²) in [4.78, 5) is 13.5. The van der Waals surface area contributed by atoms with Crippen molar-refractivity contribution in [3.05, 3.63) is 131 Å². The molecule has 0 N–H and O–H groups in total. The van der Waals surface area contributed by atoms with Crippen molar-refractivity contribution >= 4 is 5.97 Å². The number of rotatable bonds is 6. The Labute approximate surface area is 212 Å². The van der Waals surface area contributed by atoms with E-state index in [4.69, 9.17) is 4.74 Å². The summed E-state index contributed by atoms with van der Waals surface area (Å²) >= 11 is 0. The molecule has 178 valence electrons. The molecule has 0 fully saturated rings. The number of hydrogen-bond donors (Lipinski definition) is 0. The SMILES string of the molecule is COC(=O)c1c(-c2ccccc2)c(-c2ccc(C)cc2)n(Cc2ccccc2)c1-c1ccc(C)cc1. The van der Waals surface area contributed by atoms with Crippen LogP contribution in [-0.2, 0) is 11.3 Å². The van der Waals surface area contributed by atoms with Crippen LogP contribution >= 0.6 is 0 Å². The fourth-order valence-electron chi connectivity index (χ4n) is 4.75. The van der Waals surface area contributed by atoms with E-state index in [1.807, 2.05) is 24.3 Å². The van der Waals surface area contributed by atoms with E-state index in [1.54, 1.807) is 0 Å². The molecule has 5 rings (SSSR count). The van der Waals surface area contributed by atoms with Crippen LogP contribution in [0.2, 0.25) is 0 Å². The average Bonchev–Trinajstić information content (AvgIpc) is 3.25. The molecule has 36 heavy (non-hydrogen) atoms. The van der Waals surface area contributed by atoms with E-state index in [9.17, 15) is 4.79 Å². The van der Waals surface area contributed by atoms with Gasteiger partial charge in [0.2, 0.25) is 0 Å². The topological polar surface area (TPSA) is 31.2 Å². The predicted molar refractivity (Wildman–Crippen MR) is 147 cm³/mol. The first-order valence-electron chi connectivity index (χ1n) is 12.1. The number of hydrogen-bond acceptors (Lipinski definition) is 2. The molecule has 1 aromatic heterocycles. The number of methoxy groups -OCH3 is 1. The van der Waals surface area contributed by atoms with Crippen LogP contribution in [0.1, 0.15) is 27.0 Å². The van der Waals surface area contributed by atoms with Crippen molar-refractivity contribution < 1.29 is 9.53 Å². The van der Waals surface area contributed by atoms with E-state index >= 15 is 0 Å². The highest BCUT2D eigenvalue weighted by Gasteiger charge is 2.30. The van der Waals surface area contributed by atoms with E-state index in [-0.39, 0.29) is 5.97 Å². The highest BCUT2D eigenvalue weighted by atomic mass is 16.5. The molecule has 0 bridgehead atoms. The molecule has 0 spiro atoms. The van der Waals surface area contributed by atoms with E-state index in [1.165, 1.54) is 18.2 Å². The maximum absolute atomic E-state index is 13.5. The van der Waals surface area contributed by atoms with Crippen LogP contribution < -0.4 is 0 Å². The number of aryl methyl sites for hydroxylation is 2. The van der Waals surface area contributed by atoms with Crippen molar-refractivity contribution in [2.24, 2.45) is 0 Å².